The lowest BCUT2D eigenvalue weighted by atomic mass is 9.67. The Morgan fingerprint density at radius 2 is 0.846 bits per heavy atom. The molecule has 0 radical (unpaired) electrons. The molecule has 0 saturated heterocycles. The molecular weight excluding hydrogens is 1080 g/mol. The number of para-hydroxylation sites is 2. The number of rotatable bonds is 24. The Morgan fingerprint density at radius 1 is 0.449 bits per heavy atom. The van der Waals surface area contributed by atoms with E-state index in [2.05, 4.69) is 158 Å². The van der Waals surface area contributed by atoms with Crippen molar-refractivity contribution < 1.29 is 49.1 Å². The number of benzene rings is 6. The van der Waals surface area contributed by atoms with E-state index in [4.69, 9.17) is 39.5 Å². The molecule has 416 valence electrons. The predicted octanol–water partition coefficient (Wildman–Crippen LogP) is 16.0. The minimum absolute atomic E-state index is 0.346. The van der Waals surface area contributed by atoms with Crippen LogP contribution in [-0.2, 0) is 43.6 Å². The Morgan fingerprint density at radius 3 is 1.29 bits per heavy atom. The van der Waals surface area contributed by atoms with Gasteiger partial charge in [-0.3, -0.25) is 4.79 Å². The topological polar surface area (TPSA) is 117 Å². The predicted molar refractivity (Wildman–Crippen MR) is 327 cm³/mol. The molecular formula is C61H82O11Si6. The number of fused-ring (bicyclic) bond motifs is 3. The molecule has 2 atom stereocenters. The highest BCUT2D eigenvalue weighted by Crippen LogP contribution is 2.56. The Bertz CT molecular complexity index is 3050. The van der Waals surface area contributed by atoms with Crippen molar-refractivity contribution in [3.8, 4) is 34.1 Å². The molecule has 0 fully saturated rings. The quantitative estimate of drug-likeness (QED) is 0.0249. The lowest BCUT2D eigenvalue weighted by Gasteiger charge is -2.44. The average Bonchev–Trinajstić information content (AvgIpc) is 3.63. The van der Waals surface area contributed by atoms with Gasteiger partial charge < -0.3 is 39.5 Å². The van der Waals surface area contributed by atoms with Gasteiger partial charge in [0.2, 0.25) is 0 Å². The number of carbonyl (C=O) groups excluding carboxylic acids is 2. The van der Waals surface area contributed by atoms with Gasteiger partial charge in [0.1, 0.15) is 23.0 Å². The first-order valence-corrected chi connectivity index (χ1v) is 44.7. The summed E-state index contributed by atoms with van der Waals surface area (Å²) in [5.41, 5.74) is 9.99. The van der Waals surface area contributed by atoms with E-state index in [0.717, 1.165) is 52.0 Å². The second-order valence-electron chi connectivity index (χ2n) is 23.8. The third kappa shape index (κ3) is 15.2. The van der Waals surface area contributed by atoms with Crippen LogP contribution in [0.2, 0.25) is 90.7 Å². The van der Waals surface area contributed by atoms with Crippen molar-refractivity contribution in [2.24, 2.45) is 0 Å². The van der Waals surface area contributed by atoms with Gasteiger partial charge in [0.15, 0.2) is 16.6 Å². The van der Waals surface area contributed by atoms with Crippen molar-refractivity contribution in [2.75, 3.05) is 7.11 Å². The van der Waals surface area contributed by atoms with E-state index in [9.17, 15) is 9.59 Å². The zero-order chi connectivity index (χ0) is 56.9. The van der Waals surface area contributed by atoms with Gasteiger partial charge in [-0.15, -0.1) is 0 Å². The first kappa shape index (κ1) is 60.6. The molecule has 0 N–H and O–H groups in total. The highest BCUT2D eigenvalue weighted by Gasteiger charge is 2.50. The van der Waals surface area contributed by atoms with E-state index in [1.807, 2.05) is 67.6 Å². The van der Waals surface area contributed by atoms with Crippen LogP contribution in [0.25, 0.3) is 11.1 Å². The van der Waals surface area contributed by atoms with Gasteiger partial charge in [0.25, 0.3) is 0 Å². The lowest BCUT2D eigenvalue weighted by molar-refractivity contribution is -0.131. The number of ether oxygens (including phenoxy) is 4. The van der Waals surface area contributed by atoms with Crippen molar-refractivity contribution >= 4 is 63.0 Å². The van der Waals surface area contributed by atoms with Crippen LogP contribution in [0.1, 0.15) is 64.3 Å². The maximum absolute atomic E-state index is 13.8. The summed E-state index contributed by atoms with van der Waals surface area (Å²) in [5.74, 6) is 1.93. The lowest BCUT2D eigenvalue weighted by Crippen LogP contribution is -2.61. The fourth-order valence-corrected chi connectivity index (χ4v) is 40.5. The summed E-state index contributed by atoms with van der Waals surface area (Å²) >= 11 is 0. The molecule has 0 amide bonds. The standard InChI is InChI=1S/C61H82O11Si6/c1-45-43-50(37-39-56(45)64-4)61(54-33-21-19-31-52(54)53-32-20-22-34-55(53)61)51-38-40-57(46(2)44-51)66-60(63)67-59-36-24-18-28-49(59)30-25-41-77(15,69-74(8,9)10)71-76(13,14)72-78(16,70-75(11,12)68-73(5,6)7)42-26-29-48-27-17-23-35-58(48)65-47(3)62/h17-24,27-28,31-40,43-44H,25-26,29-30,41-42H2,1-16H3. The molecule has 0 heterocycles. The van der Waals surface area contributed by atoms with Gasteiger partial charge >= 0.3 is 46.4 Å². The number of aryl methyl sites for hydroxylation is 4. The maximum Gasteiger partial charge on any atom is 0.519 e. The molecule has 6 aromatic rings. The molecule has 0 aromatic heterocycles. The van der Waals surface area contributed by atoms with Gasteiger partial charge in [-0.25, -0.2) is 4.79 Å². The fraction of sp³-hybridized carbons (Fsp3) is 0.377. The van der Waals surface area contributed by atoms with Gasteiger partial charge in [0, 0.05) is 6.92 Å². The molecule has 1 aliphatic carbocycles. The summed E-state index contributed by atoms with van der Waals surface area (Å²) in [5, 5.41) is 0. The molecule has 1 aliphatic rings. The van der Waals surface area contributed by atoms with Crippen molar-refractivity contribution in [1.82, 2.24) is 0 Å². The highest BCUT2D eigenvalue weighted by atomic mass is 28.5. The summed E-state index contributed by atoms with van der Waals surface area (Å²) in [7, 11) is -13.9. The summed E-state index contributed by atoms with van der Waals surface area (Å²) < 4.78 is 58.9. The van der Waals surface area contributed by atoms with Crippen molar-refractivity contribution in [2.45, 2.75) is 143 Å². The van der Waals surface area contributed by atoms with Gasteiger partial charge in [0.05, 0.1) is 12.5 Å². The molecule has 17 heteroatoms. The number of carbonyl (C=O) groups is 2. The summed E-state index contributed by atoms with van der Waals surface area (Å²) in [6.07, 6.45) is 1.99. The molecule has 0 bridgehead atoms. The molecule has 78 heavy (non-hydrogen) atoms. The van der Waals surface area contributed by atoms with E-state index in [0.29, 0.717) is 42.2 Å². The highest BCUT2D eigenvalue weighted by molar-refractivity contribution is 6.91. The zero-order valence-corrected chi connectivity index (χ0v) is 54.9. The molecule has 11 nitrogen and oxygen atoms in total. The first-order chi connectivity index (χ1) is 36.5. The molecule has 0 spiro atoms. The molecule has 6 aromatic carbocycles. The molecule has 0 saturated carbocycles. The van der Waals surface area contributed by atoms with Crippen LogP contribution in [0, 0.1) is 13.8 Å². The second-order valence-corrected chi connectivity index (χ2v) is 47.4. The van der Waals surface area contributed by atoms with E-state index in [-0.39, 0.29) is 5.97 Å². The van der Waals surface area contributed by atoms with Crippen LogP contribution in [0.3, 0.4) is 0 Å². The van der Waals surface area contributed by atoms with Crippen molar-refractivity contribution in [3.05, 3.63) is 178 Å². The van der Waals surface area contributed by atoms with E-state index in [1.165, 1.54) is 29.2 Å². The maximum atomic E-state index is 13.8. The number of hydrogen-bond acceptors (Lipinski definition) is 11. The number of methoxy groups -OCH3 is 1. The molecule has 7 rings (SSSR count). The third-order valence-corrected chi connectivity index (χ3v) is 35.8. The summed E-state index contributed by atoms with van der Waals surface area (Å²) in [6.45, 7) is 31.4. The average molecular weight is 1160 g/mol. The van der Waals surface area contributed by atoms with Gasteiger partial charge in [-0.05, 0) is 210 Å². The van der Waals surface area contributed by atoms with E-state index < -0.39 is 62.4 Å². The first-order valence-electron chi connectivity index (χ1n) is 27.2. The Hall–Kier alpha value is -5.04. The van der Waals surface area contributed by atoms with Crippen molar-refractivity contribution in [1.29, 1.82) is 0 Å². The summed E-state index contributed by atoms with van der Waals surface area (Å²) in [4.78, 5) is 25.7. The zero-order valence-electron chi connectivity index (χ0n) is 48.9. The van der Waals surface area contributed by atoms with Gasteiger partial charge in [-0.2, -0.15) is 0 Å². The monoisotopic (exact) mass is 1160 g/mol. The van der Waals surface area contributed by atoms with E-state index in [1.54, 1.807) is 7.11 Å². The van der Waals surface area contributed by atoms with Crippen LogP contribution < -0.4 is 18.9 Å². The van der Waals surface area contributed by atoms with E-state index >= 15 is 0 Å². The van der Waals surface area contributed by atoms with Crippen LogP contribution in [0.5, 0.6) is 23.0 Å². The Labute approximate surface area is 471 Å². The number of hydrogen-bond donors (Lipinski definition) is 0. The number of esters is 1. The second kappa shape index (κ2) is 24.4. The Kier molecular flexibility index (Phi) is 18.9. The molecule has 0 aliphatic heterocycles. The minimum Gasteiger partial charge on any atom is -0.496 e. The molecule has 2 unspecified atom stereocenters. The van der Waals surface area contributed by atoms with Gasteiger partial charge in [-0.1, -0.05) is 109 Å². The smallest absolute Gasteiger partial charge is 0.496 e. The van der Waals surface area contributed by atoms with Crippen molar-refractivity contribution in [3.63, 3.8) is 0 Å². The van der Waals surface area contributed by atoms with Crippen LogP contribution in [-0.4, -0.2) is 70.1 Å². The van der Waals surface area contributed by atoms with Crippen LogP contribution in [0.4, 0.5) is 4.79 Å². The summed E-state index contributed by atoms with van der Waals surface area (Å²) in [6, 6.07) is 46.4. The minimum atomic E-state index is -2.98. The van der Waals surface area contributed by atoms with Crippen LogP contribution in [0.15, 0.2) is 133 Å². The van der Waals surface area contributed by atoms with Crippen LogP contribution >= 0.6 is 0 Å². The largest absolute Gasteiger partial charge is 0.519 e. The SMILES string of the molecule is COc1ccc(C2(c3ccc(OC(=O)Oc4ccccc4CCC[Si](C)(O[Si](C)(C)C)O[Si](C)(C)O[Si](C)(CCCc4ccccc4OC(C)=O)O[Si](C)(C)O[Si](C)(C)C)c(C)c3)c3ccccc3-c3ccccc32)cc1C. The normalized spacial score (nSPS) is 14.9. The fourth-order valence-electron chi connectivity index (χ4n) is 11.5. The third-order valence-electron chi connectivity index (χ3n) is 13.6. The Balaban J connectivity index is 1.06.